The molecule has 0 radical (unpaired) electrons. The fourth-order valence-corrected chi connectivity index (χ4v) is 1.32. The molecular formula is C10H17N3O3. The monoisotopic (exact) mass is 227 g/mol. The molecule has 0 saturated heterocycles. The molecule has 6 heteroatoms. The van der Waals surface area contributed by atoms with Gasteiger partial charge in [0.05, 0.1) is 13.7 Å². The number of hydrogen-bond donors (Lipinski definition) is 0. The molecule has 1 rings (SSSR count). The van der Waals surface area contributed by atoms with E-state index in [1.165, 1.54) is 7.11 Å². The molecule has 0 unspecified atom stereocenters. The van der Waals surface area contributed by atoms with Crippen molar-refractivity contribution in [3.63, 3.8) is 0 Å². The first-order valence-electron chi connectivity index (χ1n) is 5.16. The van der Waals surface area contributed by atoms with E-state index in [9.17, 15) is 4.79 Å². The molecule has 0 fully saturated rings. The summed E-state index contributed by atoms with van der Waals surface area (Å²) in [6, 6.07) is 0. The summed E-state index contributed by atoms with van der Waals surface area (Å²) in [7, 11) is 3.34. The van der Waals surface area contributed by atoms with Crippen molar-refractivity contribution in [2.75, 3.05) is 20.7 Å². The number of aryl methyl sites for hydroxylation is 1. The van der Waals surface area contributed by atoms with Crippen LogP contribution in [-0.2, 0) is 16.1 Å². The van der Waals surface area contributed by atoms with Gasteiger partial charge in [-0.25, -0.2) is 0 Å². The van der Waals surface area contributed by atoms with Gasteiger partial charge in [0.15, 0.2) is 5.82 Å². The zero-order chi connectivity index (χ0) is 12.0. The average molecular weight is 227 g/mol. The Hall–Kier alpha value is -1.43. The van der Waals surface area contributed by atoms with Crippen molar-refractivity contribution in [1.29, 1.82) is 0 Å². The minimum absolute atomic E-state index is 0.177. The van der Waals surface area contributed by atoms with Crippen LogP contribution in [0.2, 0.25) is 0 Å². The third-order valence-corrected chi connectivity index (χ3v) is 2.13. The fourth-order valence-electron chi connectivity index (χ4n) is 1.32. The van der Waals surface area contributed by atoms with Crippen LogP contribution in [0.4, 0.5) is 0 Å². The molecule has 1 aromatic rings. The third-order valence-electron chi connectivity index (χ3n) is 2.13. The van der Waals surface area contributed by atoms with Crippen molar-refractivity contribution in [3.05, 3.63) is 11.7 Å². The van der Waals surface area contributed by atoms with Gasteiger partial charge in [-0.1, -0.05) is 5.16 Å². The summed E-state index contributed by atoms with van der Waals surface area (Å²) in [6.07, 6.45) is 1.20. The summed E-state index contributed by atoms with van der Waals surface area (Å²) < 4.78 is 9.42. The van der Waals surface area contributed by atoms with Crippen molar-refractivity contribution >= 4 is 5.97 Å². The Morgan fingerprint density at radius 3 is 2.88 bits per heavy atom. The minimum atomic E-state index is -0.177. The first-order valence-corrected chi connectivity index (χ1v) is 5.16. The molecule has 0 aliphatic heterocycles. The molecule has 0 saturated carbocycles. The molecule has 0 spiro atoms. The third kappa shape index (κ3) is 4.39. The highest BCUT2D eigenvalue weighted by Gasteiger charge is 2.07. The Kier molecular flexibility index (Phi) is 4.91. The van der Waals surface area contributed by atoms with E-state index >= 15 is 0 Å². The van der Waals surface area contributed by atoms with Crippen LogP contribution in [0.1, 0.15) is 24.6 Å². The van der Waals surface area contributed by atoms with Crippen LogP contribution in [0.5, 0.6) is 0 Å². The van der Waals surface area contributed by atoms with Gasteiger partial charge < -0.3 is 9.26 Å². The molecule has 0 atom stereocenters. The maximum Gasteiger partial charge on any atom is 0.305 e. The lowest BCUT2D eigenvalue weighted by molar-refractivity contribution is -0.140. The van der Waals surface area contributed by atoms with Gasteiger partial charge in [-0.2, -0.15) is 4.98 Å². The molecule has 0 aromatic carbocycles. The first kappa shape index (κ1) is 12.6. The van der Waals surface area contributed by atoms with Gasteiger partial charge in [-0.3, -0.25) is 9.69 Å². The van der Waals surface area contributed by atoms with Crippen LogP contribution in [0.25, 0.3) is 0 Å². The van der Waals surface area contributed by atoms with Crippen LogP contribution in [-0.4, -0.2) is 41.7 Å². The summed E-state index contributed by atoms with van der Waals surface area (Å²) >= 11 is 0. The standard InChI is InChI=1S/C10H17N3O3/c1-8-11-9(12-16-8)7-13(2)6-4-5-10(14)15-3/h4-7H2,1-3H3. The Morgan fingerprint density at radius 1 is 1.56 bits per heavy atom. The smallest absolute Gasteiger partial charge is 0.305 e. The van der Waals surface area contributed by atoms with E-state index in [-0.39, 0.29) is 5.97 Å². The summed E-state index contributed by atoms with van der Waals surface area (Å²) in [6.45, 7) is 3.18. The molecule has 0 aliphatic carbocycles. The van der Waals surface area contributed by atoms with Gasteiger partial charge in [0.1, 0.15) is 0 Å². The number of carbonyl (C=O) groups excluding carboxylic acids is 1. The Morgan fingerprint density at radius 2 is 2.31 bits per heavy atom. The fraction of sp³-hybridized carbons (Fsp3) is 0.700. The summed E-state index contributed by atoms with van der Waals surface area (Å²) in [4.78, 5) is 17.0. The highest BCUT2D eigenvalue weighted by atomic mass is 16.5. The quantitative estimate of drug-likeness (QED) is 0.668. The van der Waals surface area contributed by atoms with E-state index in [1.807, 2.05) is 11.9 Å². The average Bonchev–Trinajstić information content (AvgIpc) is 2.63. The Labute approximate surface area is 94.6 Å². The van der Waals surface area contributed by atoms with Gasteiger partial charge in [0.2, 0.25) is 5.89 Å². The second-order valence-corrected chi connectivity index (χ2v) is 3.65. The van der Waals surface area contributed by atoms with E-state index in [0.717, 1.165) is 13.0 Å². The number of rotatable bonds is 6. The largest absolute Gasteiger partial charge is 0.469 e. The SMILES string of the molecule is COC(=O)CCCN(C)Cc1noc(C)n1. The normalized spacial score (nSPS) is 10.8. The highest BCUT2D eigenvalue weighted by molar-refractivity contribution is 5.69. The van der Waals surface area contributed by atoms with E-state index in [2.05, 4.69) is 14.9 Å². The number of aromatic nitrogens is 2. The molecule has 1 aromatic heterocycles. The highest BCUT2D eigenvalue weighted by Crippen LogP contribution is 2.01. The van der Waals surface area contributed by atoms with E-state index in [4.69, 9.17) is 4.52 Å². The number of ether oxygens (including phenoxy) is 1. The first-order chi connectivity index (χ1) is 7.61. The molecule has 0 bridgehead atoms. The molecular weight excluding hydrogens is 210 g/mol. The number of hydrogen-bond acceptors (Lipinski definition) is 6. The topological polar surface area (TPSA) is 68.5 Å². The number of carbonyl (C=O) groups is 1. The lowest BCUT2D eigenvalue weighted by atomic mass is 10.3. The van der Waals surface area contributed by atoms with E-state index in [0.29, 0.717) is 24.7 Å². The molecule has 1 heterocycles. The summed E-state index contributed by atoms with van der Waals surface area (Å²) in [5.74, 6) is 1.06. The van der Waals surface area contributed by atoms with Crippen LogP contribution >= 0.6 is 0 Å². The maximum atomic E-state index is 10.9. The van der Waals surface area contributed by atoms with E-state index < -0.39 is 0 Å². The predicted molar refractivity (Wildman–Crippen MR) is 56.6 cm³/mol. The van der Waals surface area contributed by atoms with Crippen molar-refractivity contribution in [2.45, 2.75) is 26.3 Å². The Bertz CT molecular complexity index is 338. The molecule has 0 aliphatic rings. The van der Waals surface area contributed by atoms with Crippen LogP contribution in [0.3, 0.4) is 0 Å². The van der Waals surface area contributed by atoms with Crippen LogP contribution < -0.4 is 0 Å². The van der Waals surface area contributed by atoms with E-state index in [1.54, 1.807) is 6.92 Å². The lowest BCUT2D eigenvalue weighted by Gasteiger charge is -2.13. The summed E-state index contributed by atoms with van der Waals surface area (Å²) in [5, 5.41) is 3.80. The zero-order valence-electron chi connectivity index (χ0n) is 9.89. The second kappa shape index (κ2) is 6.22. The van der Waals surface area contributed by atoms with Crippen molar-refractivity contribution in [3.8, 4) is 0 Å². The van der Waals surface area contributed by atoms with Gasteiger partial charge in [0, 0.05) is 13.3 Å². The summed E-state index contributed by atoms with van der Waals surface area (Å²) in [5.41, 5.74) is 0. The number of nitrogens with zero attached hydrogens (tertiary/aromatic N) is 3. The van der Waals surface area contributed by atoms with Gasteiger partial charge in [-0.05, 0) is 20.0 Å². The second-order valence-electron chi connectivity index (χ2n) is 3.65. The zero-order valence-corrected chi connectivity index (χ0v) is 9.89. The number of methoxy groups -OCH3 is 1. The molecule has 16 heavy (non-hydrogen) atoms. The van der Waals surface area contributed by atoms with Gasteiger partial charge in [-0.15, -0.1) is 0 Å². The van der Waals surface area contributed by atoms with Gasteiger partial charge >= 0.3 is 5.97 Å². The van der Waals surface area contributed by atoms with Crippen molar-refractivity contribution < 1.29 is 14.1 Å². The minimum Gasteiger partial charge on any atom is -0.469 e. The molecule has 90 valence electrons. The van der Waals surface area contributed by atoms with Crippen molar-refractivity contribution in [2.24, 2.45) is 0 Å². The molecule has 6 nitrogen and oxygen atoms in total. The van der Waals surface area contributed by atoms with Gasteiger partial charge in [0.25, 0.3) is 0 Å². The molecule has 0 N–H and O–H groups in total. The maximum absolute atomic E-state index is 10.9. The predicted octanol–water partition coefficient (Wildman–Crippen LogP) is 0.763. The van der Waals surface area contributed by atoms with Crippen molar-refractivity contribution in [1.82, 2.24) is 15.0 Å². The van der Waals surface area contributed by atoms with Crippen LogP contribution in [0.15, 0.2) is 4.52 Å². The lowest BCUT2D eigenvalue weighted by Crippen LogP contribution is -2.20. The molecule has 0 amide bonds. The Balaban J connectivity index is 2.20. The number of esters is 1. The van der Waals surface area contributed by atoms with Crippen LogP contribution in [0, 0.1) is 6.92 Å².